The summed E-state index contributed by atoms with van der Waals surface area (Å²) in [5, 5.41) is 6.49. The molecule has 0 spiro atoms. The van der Waals surface area contributed by atoms with E-state index in [0.717, 1.165) is 28.1 Å². The fourth-order valence-corrected chi connectivity index (χ4v) is 3.13. The van der Waals surface area contributed by atoms with Crippen molar-refractivity contribution in [1.29, 1.82) is 0 Å². The van der Waals surface area contributed by atoms with Crippen LogP contribution in [0.15, 0.2) is 71.9 Å². The summed E-state index contributed by atoms with van der Waals surface area (Å²) in [6.07, 6.45) is 0. The smallest absolute Gasteiger partial charge is 0.134 e. The number of rotatable bonds is 6. The lowest BCUT2D eigenvalue weighted by Gasteiger charge is -2.09. The lowest BCUT2D eigenvalue weighted by Crippen LogP contribution is -2.13. The van der Waals surface area contributed by atoms with Crippen LogP contribution in [0.5, 0.6) is 11.5 Å². The molecule has 5 nitrogen and oxygen atoms in total. The second-order valence-corrected chi connectivity index (χ2v) is 6.12. The number of ether oxygens (including phenoxy) is 2. The van der Waals surface area contributed by atoms with E-state index in [4.69, 9.17) is 14.3 Å². The zero-order chi connectivity index (χ0) is 18.6. The van der Waals surface area contributed by atoms with Gasteiger partial charge in [0.15, 0.2) is 0 Å². The highest BCUT2D eigenvalue weighted by Gasteiger charge is 2.09. The number of fused-ring (bicyclic) bond motifs is 3. The second kappa shape index (κ2) is 7.41. The van der Waals surface area contributed by atoms with Crippen LogP contribution in [0.3, 0.4) is 0 Å². The predicted molar refractivity (Wildman–Crippen MR) is 108 cm³/mol. The zero-order valence-electron chi connectivity index (χ0n) is 15.2. The summed E-state index contributed by atoms with van der Waals surface area (Å²) >= 11 is 0. The Kier molecular flexibility index (Phi) is 4.66. The highest BCUT2D eigenvalue weighted by molar-refractivity contribution is 6.07. The first-order valence-corrected chi connectivity index (χ1v) is 8.66. The largest absolute Gasteiger partial charge is 0.497 e. The van der Waals surface area contributed by atoms with Gasteiger partial charge in [-0.3, -0.25) is 0 Å². The van der Waals surface area contributed by atoms with Crippen LogP contribution < -0.4 is 9.47 Å². The van der Waals surface area contributed by atoms with Gasteiger partial charge in [-0.05, 0) is 42.5 Å². The zero-order valence-corrected chi connectivity index (χ0v) is 15.2. The maximum atomic E-state index is 5.97. The standard InChI is InChI=1S/C22H20N2O3/c1-25-16-9-7-15(8-10-16)22(24-26-2)14-27-17-11-12-19-18-5-3-4-6-20(18)23-21(19)13-17/h3-13,23H,14H2,1-2H3/b24-22+. The molecule has 27 heavy (non-hydrogen) atoms. The minimum absolute atomic E-state index is 0.298. The van der Waals surface area contributed by atoms with E-state index in [1.807, 2.05) is 48.5 Å². The van der Waals surface area contributed by atoms with Crippen molar-refractivity contribution in [2.75, 3.05) is 20.8 Å². The molecule has 5 heteroatoms. The first-order chi connectivity index (χ1) is 13.3. The Morgan fingerprint density at radius 1 is 0.852 bits per heavy atom. The SMILES string of the molecule is CO/N=C(\COc1ccc2c(c1)[nH]c1ccccc12)c1ccc(OC)cc1. The van der Waals surface area contributed by atoms with Gasteiger partial charge in [0.2, 0.25) is 0 Å². The van der Waals surface area contributed by atoms with E-state index in [-0.39, 0.29) is 0 Å². The number of nitrogens with one attached hydrogen (secondary N) is 1. The molecule has 0 radical (unpaired) electrons. The number of aromatic amines is 1. The molecule has 0 amide bonds. The maximum absolute atomic E-state index is 5.97. The summed E-state index contributed by atoms with van der Waals surface area (Å²) in [5.41, 5.74) is 3.79. The summed E-state index contributed by atoms with van der Waals surface area (Å²) in [4.78, 5) is 8.41. The molecule has 0 aliphatic rings. The Labute approximate surface area is 157 Å². The van der Waals surface area contributed by atoms with Crippen molar-refractivity contribution in [3.05, 3.63) is 72.3 Å². The van der Waals surface area contributed by atoms with E-state index in [9.17, 15) is 0 Å². The lowest BCUT2D eigenvalue weighted by atomic mass is 10.1. The van der Waals surface area contributed by atoms with Gasteiger partial charge < -0.3 is 19.3 Å². The van der Waals surface area contributed by atoms with Gasteiger partial charge in [-0.1, -0.05) is 23.4 Å². The number of methoxy groups -OCH3 is 1. The number of nitrogens with zero attached hydrogens (tertiary/aromatic N) is 1. The van der Waals surface area contributed by atoms with E-state index < -0.39 is 0 Å². The highest BCUT2D eigenvalue weighted by atomic mass is 16.6. The van der Waals surface area contributed by atoms with Gasteiger partial charge in [0.05, 0.1) is 12.6 Å². The number of H-pyrrole nitrogens is 1. The fourth-order valence-electron chi connectivity index (χ4n) is 3.13. The summed E-state index contributed by atoms with van der Waals surface area (Å²) in [5.74, 6) is 1.56. The molecule has 1 heterocycles. The van der Waals surface area contributed by atoms with Crippen molar-refractivity contribution in [3.8, 4) is 11.5 Å². The molecule has 0 atom stereocenters. The van der Waals surface area contributed by atoms with Crippen LogP contribution in [-0.4, -0.2) is 31.5 Å². The summed E-state index contributed by atoms with van der Waals surface area (Å²) in [7, 11) is 3.17. The van der Waals surface area contributed by atoms with Crippen molar-refractivity contribution in [2.24, 2.45) is 5.16 Å². The Balaban J connectivity index is 1.56. The molecule has 0 bridgehead atoms. The number of benzene rings is 3. The number of para-hydroxylation sites is 1. The van der Waals surface area contributed by atoms with Gasteiger partial charge >= 0.3 is 0 Å². The van der Waals surface area contributed by atoms with Gasteiger partial charge in [0.1, 0.15) is 30.9 Å². The summed E-state index contributed by atoms with van der Waals surface area (Å²) < 4.78 is 11.2. The van der Waals surface area contributed by atoms with Crippen LogP contribution in [0, 0.1) is 0 Å². The normalized spacial score (nSPS) is 11.7. The maximum Gasteiger partial charge on any atom is 0.134 e. The van der Waals surface area contributed by atoms with E-state index in [1.165, 1.54) is 17.9 Å². The first kappa shape index (κ1) is 17.0. The molecule has 0 unspecified atom stereocenters. The van der Waals surface area contributed by atoms with E-state index >= 15 is 0 Å². The number of hydrogen-bond acceptors (Lipinski definition) is 4. The van der Waals surface area contributed by atoms with Crippen molar-refractivity contribution >= 4 is 27.5 Å². The molecule has 136 valence electrons. The molecule has 0 saturated carbocycles. The monoisotopic (exact) mass is 360 g/mol. The van der Waals surface area contributed by atoms with E-state index in [0.29, 0.717) is 12.3 Å². The highest BCUT2D eigenvalue weighted by Crippen LogP contribution is 2.28. The quantitative estimate of drug-likeness (QED) is 0.398. The topological polar surface area (TPSA) is 55.8 Å². The number of oxime groups is 1. The summed E-state index contributed by atoms with van der Waals surface area (Å²) in [6, 6.07) is 21.9. The van der Waals surface area contributed by atoms with Gasteiger partial charge in [0.25, 0.3) is 0 Å². The Morgan fingerprint density at radius 2 is 1.59 bits per heavy atom. The van der Waals surface area contributed by atoms with Gasteiger partial charge in [-0.2, -0.15) is 0 Å². The number of hydrogen-bond donors (Lipinski definition) is 1. The molecule has 4 aromatic rings. The van der Waals surface area contributed by atoms with Crippen LogP contribution in [0.1, 0.15) is 5.56 Å². The molecule has 4 rings (SSSR count). The Bertz CT molecular complexity index is 1100. The minimum atomic E-state index is 0.298. The van der Waals surface area contributed by atoms with Crippen molar-refractivity contribution in [2.45, 2.75) is 0 Å². The van der Waals surface area contributed by atoms with Crippen LogP contribution in [0.2, 0.25) is 0 Å². The molecule has 0 aliphatic heterocycles. The molecule has 1 aromatic heterocycles. The number of aromatic nitrogens is 1. The van der Waals surface area contributed by atoms with Gasteiger partial charge in [-0.25, -0.2) is 0 Å². The Hall–Kier alpha value is -3.47. The van der Waals surface area contributed by atoms with Gasteiger partial charge in [0, 0.05) is 27.9 Å². The molecule has 0 fully saturated rings. The van der Waals surface area contributed by atoms with Crippen LogP contribution >= 0.6 is 0 Å². The van der Waals surface area contributed by atoms with Crippen LogP contribution in [0.25, 0.3) is 21.8 Å². The fraction of sp³-hybridized carbons (Fsp3) is 0.136. The van der Waals surface area contributed by atoms with Crippen molar-refractivity contribution in [1.82, 2.24) is 4.98 Å². The third kappa shape index (κ3) is 3.44. The molecule has 1 N–H and O–H groups in total. The molecule has 3 aromatic carbocycles. The van der Waals surface area contributed by atoms with Crippen LogP contribution in [0.4, 0.5) is 0 Å². The van der Waals surface area contributed by atoms with E-state index in [1.54, 1.807) is 7.11 Å². The van der Waals surface area contributed by atoms with Crippen LogP contribution in [-0.2, 0) is 4.84 Å². The molecular formula is C22H20N2O3. The lowest BCUT2D eigenvalue weighted by molar-refractivity contribution is 0.210. The van der Waals surface area contributed by atoms with Crippen molar-refractivity contribution in [3.63, 3.8) is 0 Å². The Morgan fingerprint density at radius 3 is 2.37 bits per heavy atom. The summed E-state index contributed by atoms with van der Waals surface area (Å²) in [6.45, 7) is 0.298. The average molecular weight is 360 g/mol. The second-order valence-electron chi connectivity index (χ2n) is 6.12. The minimum Gasteiger partial charge on any atom is -0.497 e. The average Bonchev–Trinajstić information content (AvgIpc) is 3.09. The molecular weight excluding hydrogens is 340 g/mol. The predicted octanol–water partition coefficient (Wildman–Crippen LogP) is 4.76. The third-order valence-electron chi connectivity index (χ3n) is 4.48. The van der Waals surface area contributed by atoms with E-state index in [2.05, 4.69) is 28.3 Å². The molecule has 0 saturated heterocycles. The van der Waals surface area contributed by atoms with Crippen molar-refractivity contribution < 1.29 is 14.3 Å². The first-order valence-electron chi connectivity index (χ1n) is 8.66. The van der Waals surface area contributed by atoms with Gasteiger partial charge in [-0.15, -0.1) is 0 Å². The third-order valence-corrected chi connectivity index (χ3v) is 4.48. The molecule has 0 aliphatic carbocycles.